The maximum Gasteiger partial charge on any atom is 0.224 e. The molecule has 2 amide bonds. The third-order valence-corrected chi connectivity index (χ3v) is 4.94. The average molecular weight is 354 g/mol. The highest BCUT2D eigenvalue weighted by Gasteiger charge is 2.27. The molecule has 2 aromatic rings. The van der Waals surface area contributed by atoms with Crippen molar-refractivity contribution in [2.75, 3.05) is 13.1 Å². The molecule has 1 aromatic carbocycles. The number of hydrogen-bond acceptors (Lipinski definition) is 3. The lowest BCUT2D eigenvalue weighted by atomic mass is 9.89. The van der Waals surface area contributed by atoms with Gasteiger partial charge in [-0.05, 0) is 25.3 Å². The van der Waals surface area contributed by atoms with Crippen LogP contribution in [0.4, 0.5) is 0 Å². The average Bonchev–Trinajstić information content (AvgIpc) is 3.11. The van der Waals surface area contributed by atoms with Crippen molar-refractivity contribution in [1.82, 2.24) is 20.4 Å². The number of hydrogen-bond donors (Lipinski definition) is 2. The fourth-order valence-electron chi connectivity index (χ4n) is 3.66. The summed E-state index contributed by atoms with van der Waals surface area (Å²) in [5.41, 5.74) is 3.48. The monoisotopic (exact) mass is 354 g/mol. The molecule has 1 fully saturated rings. The SMILES string of the molecule is CC(=O)NC(C)CC(=O)N1CCC(c2[nH]ncc2-c2ccccc2)CC1. The molecule has 138 valence electrons. The highest BCUT2D eigenvalue weighted by molar-refractivity contribution is 5.79. The second-order valence-corrected chi connectivity index (χ2v) is 7.02. The van der Waals surface area contributed by atoms with Gasteiger partial charge in [0.1, 0.15) is 0 Å². The molecule has 1 aliphatic heterocycles. The van der Waals surface area contributed by atoms with Crippen molar-refractivity contribution in [3.63, 3.8) is 0 Å². The molecule has 3 rings (SSSR count). The van der Waals surface area contributed by atoms with E-state index in [1.807, 2.05) is 36.2 Å². The van der Waals surface area contributed by atoms with E-state index in [4.69, 9.17) is 0 Å². The zero-order valence-corrected chi connectivity index (χ0v) is 15.4. The Labute approximate surface area is 154 Å². The second-order valence-electron chi connectivity index (χ2n) is 7.02. The van der Waals surface area contributed by atoms with E-state index in [1.165, 1.54) is 12.5 Å². The van der Waals surface area contributed by atoms with Crippen LogP contribution >= 0.6 is 0 Å². The fourth-order valence-corrected chi connectivity index (χ4v) is 3.66. The van der Waals surface area contributed by atoms with Crippen LogP contribution in [0.5, 0.6) is 0 Å². The normalized spacial score (nSPS) is 16.3. The summed E-state index contributed by atoms with van der Waals surface area (Å²) in [5.74, 6) is 0.388. The van der Waals surface area contributed by atoms with E-state index in [2.05, 4.69) is 27.6 Å². The maximum atomic E-state index is 12.4. The lowest BCUT2D eigenvalue weighted by molar-refractivity contribution is -0.132. The predicted molar refractivity (Wildman–Crippen MR) is 100 cm³/mol. The number of nitrogens with one attached hydrogen (secondary N) is 2. The molecule has 1 aromatic heterocycles. The van der Waals surface area contributed by atoms with Crippen molar-refractivity contribution in [2.24, 2.45) is 0 Å². The summed E-state index contributed by atoms with van der Waals surface area (Å²) < 4.78 is 0. The number of aromatic nitrogens is 2. The van der Waals surface area contributed by atoms with Gasteiger partial charge in [0.2, 0.25) is 11.8 Å². The molecule has 0 saturated carbocycles. The Morgan fingerprint density at radius 1 is 1.27 bits per heavy atom. The first-order valence-corrected chi connectivity index (χ1v) is 9.18. The van der Waals surface area contributed by atoms with Gasteiger partial charge in [0, 0.05) is 49.7 Å². The number of carbonyl (C=O) groups is 2. The van der Waals surface area contributed by atoms with Gasteiger partial charge in [0.05, 0.1) is 6.20 Å². The summed E-state index contributed by atoms with van der Waals surface area (Å²) >= 11 is 0. The first-order valence-electron chi connectivity index (χ1n) is 9.18. The van der Waals surface area contributed by atoms with Crippen molar-refractivity contribution in [2.45, 2.75) is 45.1 Å². The first-order chi connectivity index (χ1) is 12.5. The number of likely N-dealkylation sites (tertiary alicyclic amines) is 1. The minimum Gasteiger partial charge on any atom is -0.353 e. The smallest absolute Gasteiger partial charge is 0.224 e. The lowest BCUT2D eigenvalue weighted by Gasteiger charge is -2.32. The van der Waals surface area contributed by atoms with Crippen LogP contribution in [0.3, 0.4) is 0 Å². The molecule has 0 aliphatic carbocycles. The molecule has 6 heteroatoms. The molecule has 2 N–H and O–H groups in total. The van der Waals surface area contributed by atoms with Gasteiger partial charge in [-0.2, -0.15) is 5.10 Å². The summed E-state index contributed by atoms with van der Waals surface area (Å²) in [6, 6.07) is 10.1. The molecule has 0 bridgehead atoms. The van der Waals surface area contributed by atoms with Gasteiger partial charge in [0.15, 0.2) is 0 Å². The van der Waals surface area contributed by atoms with Crippen molar-refractivity contribution in [1.29, 1.82) is 0 Å². The van der Waals surface area contributed by atoms with Gasteiger partial charge < -0.3 is 10.2 Å². The molecule has 2 heterocycles. The van der Waals surface area contributed by atoms with Crippen LogP contribution in [0.2, 0.25) is 0 Å². The molecule has 26 heavy (non-hydrogen) atoms. The molecular formula is C20H26N4O2. The number of amides is 2. The number of aromatic amines is 1. The summed E-state index contributed by atoms with van der Waals surface area (Å²) in [5, 5.41) is 10.2. The number of H-pyrrole nitrogens is 1. The zero-order valence-electron chi connectivity index (χ0n) is 15.4. The Kier molecular flexibility index (Phi) is 5.71. The van der Waals surface area contributed by atoms with Crippen molar-refractivity contribution in [3.8, 4) is 11.1 Å². The van der Waals surface area contributed by atoms with Crippen LogP contribution in [0.25, 0.3) is 11.1 Å². The third kappa shape index (κ3) is 4.31. The third-order valence-electron chi connectivity index (χ3n) is 4.94. The van der Waals surface area contributed by atoms with E-state index >= 15 is 0 Å². The second kappa shape index (κ2) is 8.17. The summed E-state index contributed by atoms with van der Waals surface area (Å²) in [7, 11) is 0. The largest absolute Gasteiger partial charge is 0.353 e. The Bertz CT molecular complexity index is 748. The lowest BCUT2D eigenvalue weighted by Crippen LogP contribution is -2.42. The van der Waals surface area contributed by atoms with Crippen LogP contribution in [0, 0.1) is 0 Å². The van der Waals surface area contributed by atoms with Crippen LogP contribution in [0.1, 0.15) is 44.7 Å². The quantitative estimate of drug-likeness (QED) is 0.866. The molecule has 0 spiro atoms. The molecule has 0 radical (unpaired) electrons. The van der Waals surface area contributed by atoms with E-state index in [-0.39, 0.29) is 17.9 Å². The number of nitrogens with zero attached hydrogens (tertiary/aromatic N) is 2. The van der Waals surface area contributed by atoms with Crippen LogP contribution in [-0.2, 0) is 9.59 Å². The topological polar surface area (TPSA) is 78.1 Å². The minimum absolute atomic E-state index is 0.100. The van der Waals surface area contributed by atoms with E-state index in [0.717, 1.165) is 37.2 Å². The molecule has 1 unspecified atom stereocenters. The van der Waals surface area contributed by atoms with E-state index in [1.54, 1.807) is 0 Å². The molecule has 1 saturated heterocycles. The predicted octanol–water partition coefficient (Wildman–Crippen LogP) is 2.70. The van der Waals surface area contributed by atoms with Gasteiger partial charge >= 0.3 is 0 Å². The van der Waals surface area contributed by atoms with Gasteiger partial charge in [-0.15, -0.1) is 0 Å². The Morgan fingerprint density at radius 3 is 2.62 bits per heavy atom. The highest BCUT2D eigenvalue weighted by Crippen LogP contribution is 2.33. The van der Waals surface area contributed by atoms with Crippen molar-refractivity contribution < 1.29 is 9.59 Å². The summed E-state index contributed by atoms with van der Waals surface area (Å²) in [6.45, 7) is 4.82. The molecular weight excluding hydrogens is 328 g/mol. The van der Waals surface area contributed by atoms with Gasteiger partial charge in [-0.3, -0.25) is 14.7 Å². The van der Waals surface area contributed by atoms with E-state index in [9.17, 15) is 9.59 Å². The van der Waals surface area contributed by atoms with Crippen molar-refractivity contribution in [3.05, 3.63) is 42.2 Å². The number of rotatable bonds is 5. The summed E-state index contributed by atoms with van der Waals surface area (Å²) in [4.78, 5) is 25.4. The van der Waals surface area contributed by atoms with E-state index < -0.39 is 0 Å². The molecule has 6 nitrogen and oxygen atoms in total. The van der Waals surface area contributed by atoms with E-state index in [0.29, 0.717) is 12.3 Å². The Hall–Kier alpha value is -2.63. The van der Waals surface area contributed by atoms with Gasteiger partial charge in [0.25, 0.3) is 0 Å². The van der Waals surface area contributed by atoms with Gasteiger partial charge in [-0.1, -0.05) is 30.3 Å². The highest BCUT2D eigenvalue weighted by atomic mass is 16.2. The molecule has 1 atom stereocenters. The standard InChI is InChI=1S/C20H26N4O2/c1-14(22-15(2)25)12-19(26)24-10-8-17(9-11-24)20-18(13-21-23-20)16-6-4-3-5-7-16/h3-7,13-14,17H,8-12H2,1-2H3,(H,21,23)(H,22,25). The van der Waals surface area contributed by atoms with Crippen molar-refractivity contribution >= 4 is 11.8 Å². The Morgan fingerprint density at radius 2 is 1.96 bits per heavy atom. The number of piperidine rings is 1. The van der Waals surface area contributed by atoms with Crippen LogP contribution in [-0.4, -0.2) is 46.0 Å². The fraction of sp³-hybridized carbons (Fsp3) is 0.450. The summed E-state index contributed by atoms with van der Waals surface area (Å²) in [6.07, 6.45) is 4.07. The Balaban J connectivity index is 1.59. The maximum absolute atomic E-state index is 12.4. The van der Waals surface area contributed by atoms with Crippen LogP contribution in [0.15, 0.2) is 36.5 Å². The zero-order chi connectivity index (χ0) is 18.5. The minimum atomic E-state index is -0.130. The number of benzene rings is 1. The van der Waals surface area contributed by atoms with Gasteiger partial charge in [-0.25, -0.2) is 0 Å². The number of carbonyl (C=O) groups excluding carboxylic acids is 2. The molecule has 1 aliphatic rings. The first kappa shape index (κ1) is 18.2. The van der Waals surface area contributed by atoms with Crippen LogP contribution < -0.4 is 5.32 Å².